The zero-order valence-corrected chi connectivity index (χ0v) is 16.4. The molecule has 28 heavy (non-hydrogen) atoms. The van der Waals surface area contributed by atoms with E-state index in [0.717, 1.165) is 25.0 Å². The molecule has 9 heteroatoms. The predicted molar refractivity (Wildman–Crippen MR) is 101 cm³/mol. The Morgan fingerprint density at radius 2 is 2.14 bits per heavy atom. The van der Waals surface area contributed by atoms with Crippen molar-refractivity contribution in [2.45, 2.75) is 32.6 Å². The SMILES string of the molecule is COCCN1C[C@]2(CCCN(C(=O)c3nnc4nc(C)ccn34)C2)CCC1=O. The summed E-state index contributed by atoms with van der Waals surface area (Å²) in [6.07, 6.45) is 5.08. The molecule has 0 saturated carbocycles. The van der Waals surface area contributed by atoms with Gasteiger partial charge < -0.3 is 14.5 Å². The van der Waals surface area contributed by atoms with Crippen LogP contribution in [-0.2, 0) is 9.53 Å². The topological polar surface area (TPSA) is 92.9 Å². The van der Waals surface area contributed by atoms with Crippen LogP contribution in [0.25, 0.3) is 5.78 Å². The monoisotopic (exact) mass is 386 g/mol. The van der Waals surface area contributed by atoms with Gasteiger partial charge in [-0.3, -0.25) is 14.0 Å². The van der Waals surface area contributed by atoms with E-state index < -0.39 is 0 Å². The molecule has 2 saturated heterocycles. The molecule has 2 amide bonds. The van der Waals surface area contributed by atoms with Gasteiger partial charge >= 0.3 is 0 Å². The first kappa shape index (κ1) is 18.8. The van der Waals surface area contributed by atoms with Gasteiger partial charge in [-0.05, 0) is 32.3 Å². The number of nitrogens with zero attached hydrogens (tertiary/aromatic N) is 6. The van der Waals surface area contributed by atoms with Crippen molar-refractivity contribution in [2.24, 2.45) is 5.41 Å². The minimum absolute atomic E-state index is 0.0507. The Morgan fingerprint density at radius 3 is 2.96 bits per heavy atom. The second kappa shape index (κ2) is 7.46. The van der Waals surface area contributed by atoms with Crippen LogP contribution in [0.5, 0.6) is 0 Å². The van der Waals surface area contributed by atoms with Crippen LogP contribution in [0.4, 0.5) is 0 Å². The van der Waals surface area contributed by atoms with Gasteiger partial charge in [0, 0.05) is 57.0 Å². The maximum Gasteiger partial charge on any atom is 0.292 e. The van der Waals surface area contributed by atoms with Crippen molar-refractivity contribution in [3.8, 4) is 0 Å². The van der Waals surface area contributed by atoms with Crippen LogP contribution in [0.2, 0.25) is 0 Å². The van der Waals surface area contributed by atoms with E-state index in [1.165, 1.54) is 0 Å². The molecular formula is C19H26N6O3. The van der Waals surface area contributed by atoms with E-state index in [-0.39, 0.29) is 17.2 Å². The summed E-state index contributed by atoms with van der Waals surface area (Å²) in [5.41, 5.74) is 0.782. The first-order valence-corrected chi connectivity index (χ1v) is 9.76. The van der Waals surface area contributed by atoms with Crippen LogP contribution in [0, 0.1) is 12.3 Å². The fraction of sp³-hybridized carbons (Fsp3) is 0.632. The number of rotatable bonds is 4. The number of hydrogen-bond acceptors (Lipinski definition) is 6. The van der Waals surface area contributed by atoms with Crippen LogP contribution in [0.1, 0.15) is 42.0 Å². The van der Waals surface area contributed by atoms with Crippen molar-refractivity contribution >= 4 is 17.6 Å². The molecule has 4 rings (SSSR count). The van der Waals surface area contributed by atoms with Gasteiger partial charge in [-0.25, -0.2) is 4.98 Å². The normalized spacial score (nSPS) is 23.0. The fourth-order valence-corrected chi connectivity index (χ4v) is 4.38. The summed E-state index contributed by atoms with van der Waals surface area (Å²) in [5, 5.41) is 8.13. The molecule has 150 valence electrons. The molecule has 9 nitrogen and oxygen atoms in total. The third kappa shape index (κ3) is 3.46. The van der Waals surface area contributed by atoms with Crippen LogP contribution >= 0.6 is 0 Å². The van der Waals surface area contributed by atoms with Gasteiger partial charge in [0.15, 0.2) is 0 Å². The van der Waals surface area contributed by atoms with E-state index in [9.17, 15) is 9.59 Å². The zero-order valence-electron chi connectivity index (χ0n) is 16.4. The van der Waals surface area contributed by atoms with E-state index in [1.54, 1.807) is 17.7 Å². The van der Waals surface area contributed by atoms with Crippen molar-refractivity contribution in [1.29, 1.82) is 0 Å². The highest BCUT2D eigenvalue weighted by molar-refractivity contribution is 5.91. The number of carbonyl (C=O) groups is 2. The number of amides is 2. The Balaban J connectivity index is 1.53. The number of piperidine rings is 2. The second-order valence-corrected chi connectivity index (χ2v) is 7.90. The van der Waals surface area contributed by atoms with Crippen LogP contribution in [0.15, 0.2) is 12.3 Å². The number of ether oxygens (including phenoxy) is 1. The molecule has 1 spiro atoms. The first-order chi connectivity index (χ1) is 13.5. The molecule has 2 aromatic rings. The highest BCUT2D eigenvalue weighted by atomic mass is 16.5. The Morgan fingerprint density at radius 1 is 1.29 bits per heavy atom. The molecule has 2 aromatic heterocycles. The highest BCUT2D eigenvalue weighted by Crippen LogP contribution is 2.39. The Bertz CT molecular complexity index is 897. The number of hydrogen-bond donors (Lipinski definition) is 0. The van der Waals surface area contributed by atoms with Crippen molar-refractivity contribution in [3.05, 3.63) is 23.8 Å². The lowest BCUT2D eigenvalue weighted by Crippen LogP contribution is -2.55. The summed E-state index contributed by atoms with van der Waals surface area (Å²) in [4.78, 5) is 33.5. The molecule has 4 heterocycles. The van der Waals surface area contributed by atoms with Gasteiger partial charge in [-0.2, -0.15) is 0 Å². The van der Waals surface area contributed by atoms with E-state index in [4.69, 9.17) is 4.74 Å². The third-order valence-corrected chi connectivity index (χ3v) is 5.87. The van der Waals surface area contributed by atoms with Crippen molar-refractivity contribution < 1.29 is 14.3 Å². The Labute approximate surface area is 163 Å². The fourth-order valence-electron chi connectivity index (χ4n) is 4.38. The lowest BCUT2D eigenvalue weighted by molar-refractivity contribution is -0.139. The van der Waals surface area contributed by atoms with E-state index >= 15 is 0 Å². The molecule has 2 fully saturated rings. The molecule has 0 aliphatic carbocycles. The largest absolute Gasteiger partial charge is 0.383 e. The summed E-state index contributed by atoms with van der Waals surface area (Å²) >= 11 is 0. The molecule has 0 unspecified atom stereocenters. The first-order valence-electron chi connectivity index (χ1n) is 9.76. The number of carbonyl (C=O) groups excluding carboxylic acids is 2. The summed E-state index contributed by atoms with van der Waals surface area (Å²) in [6.45, 7) is 5.02. The van der Waals surface area contributed by atoms with Gasteiger partial charge in [0.2, 0.25) is 11.7 Å². The van der Waals surface area contributed by atoms with E-state index in [0.29, 0.717) is 50.8 Å². The number of aryl methyl sites for hydroxylation is 1. The smallest absolute Gasteiger partial charge is 0.292 e. The number of fused-ring (bicyclic) bond motifs is 1. The third-order valence-electron chi connectivity index (χ3n) is 5.87. The van der Waals surface area contributed by atoms with Crippen molar-refractivity contribution in [2.75, 3.05) is 39.9 Å². The highest BCUT2D eigenvalue weighted by Gasteiger charge is 2.43. The average molecular weight is 386 g/mol. The van der Waals surface area contributed by atoms with Gasteiger partial charge in [0.25, 0.3) is 11.7 Å². The second-order valence-electron chi connectivity index (χ2n) is 7.90. The minimum atomic E-state index is -0.127. The molecule has 0 radical (unpaired) electrons. The van der Waals surface area contributed by atoms with Gasteiger partial charge in [0.1, 0.15) is 0 Å². The molecular weight excluding hydrogens is 360 g/mol. The zero-order chi connectivity index (χ0) is 19.7. The average Bonchev–Trinajstić information content (AvgIpc) is 3.11. The van der Waals surface area contributed by atoms with Crippen molar-refractivity contribution in [1.82, 2.24) is 29.4 Å². The lowest BCUT2D eigenvalue weighted by atomic mass is 9.73. The van der Waals surface area contributed by atoms with Crippen LogP contribution < -0.4 is 0 Å². The summed E-state index contributed by atoms with van der Waals surface area (Å²) in [7, 11) is 1.64. The summed E-state index contributed by atoms with van der Waals surface area (Å²) in [6, 6.07) is 1.84. The molecule has 2 aliphatic rings. The van der Waals surface area contributed by atoms with Crippen LogP contribution in [-0.4, -0.2) is 81.1 Å². The molecule has 1 atom stereocenters. The minimum Gasteiger partial charge on any atom is -0.383 e. The van der Waals surface area contributed by atoms with E-state index in [2.05, 4.69) is 15.2 Å². The molecule has 0 aromatic carbocycles. The van der Waals surface area contributed by atoms with Gasteiger partial charge in [-0.1, -0.05) is 0 Å². The number of aromatic nitrogens is 4. The summed E-state index contributed by atoms with van der Waals surface area (Å²) in [5.74, 6) is 0.778. The Kier molecular flexibility index (Phi) is 5.01. The lowest BCUT2D eigenvalue weighted by Gasteiger charge is -2.48. The maximum absolute atomic E-state index is 13.2. The molecule has 0 bridgehead atoms. The number of methoxy groups -OCH3 is 1. The predicted octanol–water partition coefficient (Wildman–Crippen LogP) is 0.924. The van der Waals surface area contributed by atoms with Gasteiger partial charge in [-0.15, -0.1) is 10.2 Å². The maximum atomic E-state index is 13.2. The standard InChI is InChI=1S/C19H26N6O3/c1-14-5-9-25-16(21-22-18(25)20-14)17(27)24-8-3-6-19(13-24)7-4-15(26)23(12-19)10-11-28-2/h5,9H,3-4,6-8,10-13H2,1-2H3/t19-/m0/s1. The van der Waals surface area contributed by atoms with Crippen molar-refractivity contribution in [3.63, 3.8) is 0 Å². The summed E-state index contributed by atoms with van der Waals surface area (Å²) < 4.78 is 6.79. The Hall–Kier alpha value is -2.55. The molecule has 0 N–H and O–H groups in total. The number of likely N-dealkylation sites (tertiary alicyclic amines) is 2. The van der Waals surface area contributed by atoms with Gasteiger partial charge in [0.05, 0.1) is 6.61 Å². The van der Waals surface area contributed by atoms with Crippen LogP contribution in [0.3, 0.4) is 0 Å². The quantitative estimate of drug-likeness (QED) is 0.776. The van der Waals surface area contributed by atoms with E-state index in [1.807, 2.05) is 22.8 Å². The molecule has 2 aliphatic heterocycles.